The molecule has 0 spiro atoms. The van der Waals surface area contributed by atoms with Crippen LogP contribution in [0.3, 0.4) is 0 Å². The number of hydrogen-bond donors (Lipinski definition) is 3. The SMILES string of the molecule is CC(NC(=O)OCC1c2ccccc2-c2ccccc21)C(=O)NC(Cc1ccccc1)C(N)=O. The summed E-state index contributed by atoms with van der Waals surface area (Å²) in [6, 6.07) is 23.6. The number of alkyl carbamates (subject to hydrolysis) is 1. The van der Waals surface area contributed by atoms with Gasteiger partial charge in [0.1, 0.15) is 18.7 Å². The van der Waals surface area contributed by atoms with Crippen molar-refractivity contribution in [2.45, 2.75) is 31.3 Å². The Morgan fingerprint density at radius 3 is 2.00 bits per heavy atom. The molecule has 34 heavy (non-hydrogen) atoms. The molecule has 4 rings (SSSR count). The van der Waals surface area contributed by atoms with Gasteiger partial charge in [0.05, 0.1) is 0 Å². The number of hydrogen-bond acceptors (Lipinski definition) is 4. The first-order valence-corrected chi connectivity index (χ1v) is 11.2. The van der Waals surface area contributed by atoms with E-state index >= 15 is 0 Å². The topological polar surface area (TPSA) is 111 Å². The lowest BCUT2D eigenvalue weighted by atomic mass is 9.98. The zero-order valence-electron chi connectivity index (χ0n) is 18.9. The Morgan fingerprint density at radius 2 is 1.41 bits per heavy atom. The van der Waals surface area contributed by atoms with Crippen LogP contribution in [-0.4, -0.2) is 36.6 Å². The smallest absolute Gasteiger partial charge is 0.407 e. The third-order valence-corrected chi connectivity index (χ3v) is 6.01. The molecule has 3 amide bonds. The maximum absolute atomic E-state index is 12.6. The largest absolute Gasteiger partial charge is 0.449 e. The lowest BCUT2D eigenvalue weighted by Gasteiger charge is -2.20. The van der Waals surface area contributed by atoms with E-state index in [0.29, 0.717) is 0 Å². The minimum absolute atomic E-state index is 0.0765. The Kier molecular flexibility index (Phi) is 6.92. The molecule has 2 unspecified atom stereocenters. The zero-order chi connectivity index (χ0) is 24.1. The molecule has 0 aromatic heterocycles. The molecule has 3 aromatic rings. The van der Waals surface area contributed by atoms with Crippen LogP contribution in [0.25, 0.3) is 11.1 Å². The lowest BCUT2D eigenvalue weighted by molar-refractivity contribution is -0.128. The molecule has 0 radical (unpaired) electrons. The van der Waals surface area contributed by atoms with Crippen molar-refractivity contribution in [3.05, 3.63) is 95.6 Å². The van der Waals surface area contributed by atoms with Crippen molar-refractivity contribution in [3.63, 3.8) is 0 Å². The molecule has 0 fully saturated rings. The molecule has 0 saturated carbocycles. The third kappa shape index (κ3) is 5.09. The van der Waals surface area contributed by atoms with E-state index in [2.05, 4.69) is 22.8 Å². The maximum Gasteiger partial charge on any atom is 0.407 e. The molecule has 2 atom stereocenters. The average Bonchev–Trinajstić information content (AvgIpc) is 3.16. The summed E-state index contributed by atoms with van der Waals surface area (Å²) in [4.78, 5) is 36.9. The summed E-state index contributed by atoms with van der Waals surface area (Å²) in [5.41, 5.74) is 10.8. The number of amides is 3. The molecular weight excluding hydrogens is 430 g/mol. The summed E-state index contributed by atoms with van der Waals surface area (Å²) in [7, 11) is 0. The molecular formula is C27H27N3O4. The molecule has 7 heteroatoms. The van der Waals surface area contributed by atoms with Gasteiger partial charge in [-0.15, -0.1) is 0 Å². The van der Waals surface area contributed by atoms with Crippen molar-refractivity contribution in [1.29, 1.82) is 0 Å². The monoisotopic (exact) mass is 457 g/mol. The van der Waals surface area contributed by atoms with Crippen LogP contribution < -0.4 is 16.4 Å². The van der Waals surface area contributed by atoms with E-state index in [4.69, 9.17) is 10.5 Å². The third-order valence-electron chi connectivity index (χ3n) is 6.01. The Labute approximate surface area is 198 Å². The number of primary amides is 1. The van der Waals surface area contributed by atoms with Gasteiger partial charge in [-0.1, -0.05) is 78.9 Å². The fourth-order valence-corrected chi connectivity index (χ4v) is 4.25. The molecule has 7 nitrogen and oxygen atoms in total. The van der Waals surface area contributed by atoms with E-state index in [1.54, 1.807) is 0 Å². The number of nitrogens with one attached hydrogen (secondary N) is 2. The van der Waals surface area contributed by atoms with Crippen molar-refractivity contribution in [2.75, 3.05) is 6.61 Å². The summed E-state index contributed by atoms with van der Waals surface area (Å²) in [5, 5.41) is 5.14. The Bertz CT molecular complexity index is 1150. The van der Waals surface area contributed by atoms with E-state index in [9.17, 15) is 14.4 Å². The molecule has 1 aliphatic rings. The standard InChI is InChI=1S/C27H27N3O4/c1-17(26(32)30-24(25(28)31)15-18-9-3-2-4-10-18)29-27(33)34-16-23-21-13-7-5-11-19(21)20-12-6-8-14-22(20)23/h2-14,17,23-24H,15-16H2,1H3,(H2,28,31)(H,29,33)(H,30,32). The predicted molar refractivity (Wildman–Crippen MR) is 129 cm³/mol. The predicted octanol–water partition coefficient (Wildman–Crippen LogP) is 3.13. The minimum atomic E-state index is -0.909. The number of nitrogens with two attached hydrogens (primary N) is 1. The van der Waals surface area contributed by atoms with Crippen LogP contribution in [0.4, 0.5) is 4.79 Å². The van der Waals surface area contributed by atoms with Gasteiger partial charge in [-0.2, -0.15) is 0 Å². The highest BCUT2D eigenvalue weighted by atomic mass is 16.5. The van der Waals surface area contributed by atoms with Crippen LogP contribution in [0.5, 0.6) is 0 Å². The Hall–Kier alpha value is -4.13. The maximum atomic E-state index is 12.6. The molecule has 1 aliphatic carbocycles. The van der Waals surface area contributed by atoms with Gasteiger partial charge in [0.2, 0.25) is 11.8 Å². The van der Waals surface area contributed by atoms with Crippen molar-refractivity contribution < 1.29 is 19.1 Å². The summed E-state index contributed by atoms with van der Waals surface area (Å²) in [5.74, 6) is -1.24. The number of benzene rings is 3. The van der Waals surface area contributed by atoms with Gasteiger partial charge in [-0.05, 0) is 34.7 Å². The summed E-state index contributed by atoms with van der Waals surface area (Å²) < 4.78 is 5.49. The fourth-order valence-electron chi connectivity index (χ4n) is 4.25. The van der Waals surface area contributed by atoms with E-state index in [0.717, 1.165) is 27.8 Å². The Balaban J connectivity index is 1.33. The molecule has 174 valence electrons. The van der Waals surface area contributed by atoms with E-state index < -0.39 is 30.0 Å². The summed E-state index contributed by atoms with van der Waals surface area (Å²) in [6.45, 7) is 1.67. The van der Waals surface area contributed by atoms with Gasteiger partial charge < -0.3 is 21.1 Å². The van der Waals surface area contributed by atoms with Crippen LogP contribution in [0.1, 0.15) is 29.5 Å². The average molecular weight is 458 g/mol. The molecule has 4 N–H and O–H groups in total. The summed E-state index contributed by atoms with van der Waals surface area (Å²) >= 11 is 0. The van der Waals surface area contributed by atoms with Gasteiger partial charge in [-0.25, -0.2) is 4.79 Å². The number of carbonyl (C=O) groups excluding carboxylic acids is 3. The second-order valence-electron chi connectivity index (χ2n) is 8.34. The molecule has 0 heterocycles. The van der Waals surface area contributed by atoms with E-state index in [1.165, 1.54) is 6.92 Å². The zero-order valence-corrected chi connectivity index (χ0v) is 18.9. The number of rotatable bonds is 8. The first-order chi connectivity index (χ1) is 16.4. The van der Waals surface area contributed by atoms with Crippen molar-refractivity contribution in [1.82, 2.24) is 10.6 Å². The fraction of sp³-hybridized carbons (Fsp3) is 0.222. The van der Waals surface area contributed by atoms with Crippen LogP contribution in [-0.2, 0) is 20.7 Å². The Morgan fingerprint density at radius 1 is 0.853 bits per heavy atom. The van der Waals surface area contributed by atoms with Crippen molar-refractivity contribution in [3.8, 4) is 11.1 Å². The van der Waals surface area contributed by atoms with Crippen LogP contribution in [0.2, 0.25) is 0 Å². The molecule has 0 saturated heterocycles. The number of carbonyl (C=O) groups is 3. The number of fused-ring (bicyclic) bond motifs is 3. The quantitative estimate of drug-likeness (QED) is 0.483. The van der Waals surface area contributed by atoms with Gasteiger partial charge in [-0.3, -0.25) is 9.59 Å². The van der Waals surface area contributed by atoms with Gasteiger partial charge >= 0.3 is 6.09 Å². The highest BCUT2D eigenvalue weighted by Gasteiger charge is 2.29. The first kappa shape index (κ1) is 23.0. The van der Waals surface area contributed by atoms with Crippen LogP contribution in [0, 0.1) is 0 Å². The van der Waals surface area contributed by atoms with Gasteiger partial charge in [0.25, 0.3) is 0 Å². The second kappa shape index (κ2) is 10.2. The second-order valence-corrected chi connectivity index (χ2v) is 8.34. The molecule has 0 aliphatic heterocycles. The van der Waals surface area contributed by atoms with E-state index in [1.807, 2.05) is 66.7 Å². The summed E-state index contributed by atoms with van der Waals surface area (Å²) in [6.07, 6.45) is -0.442. The van der Waals surface area contributed by atoms with E-state index in [-0.39, 0.29) is 18.9 Å². The normalized spacial score (nSPS) is 13.8. The van der Waals surface area contributed by atoms with Crippen molar-refractivity contribution in [2.24, 2.45) is 5.73 Å². The van der Waals surface area contributed by atoms with Gasteiger partial charge in [0, 0.05) is 12.3 Å². The van der Waals surface area contributed by atoms with Crippen molar-refractivity contribution >= 4 is 17.9 Å². The molecule has 3 aromatic carbocycles. The van der Waals surface area contributed by atoms with Crippen LogP contribution in [0.15, 0.2) is 78.9 Å². The lowest BCUT2D eigenvalue weighted by Crippen LogP contribution is -2.52. The molecule has 0 bridgehead atoms. The van der Waals surface area contributed by atoms with Gasteiger partial charge in [0.15, 0.2) is 0 Å². The number of ether oxygens (including phenoxy) is 1. The van der Waals surface area contributed by atoms with Crippen LogP contribution >= 0.6 is 0 Å². The minimum Gasteiger partial charge on any atom is -0.449 e. The first-order valence-electron chi connectivity index (χ1n) is 11.2. The highest BCUT2D eigenvalue weighted by molar-refractivity contribution is 5.90. The highest BCUT2D eigenvalue weighted by Crippen LogP contribution is 2.44.